The van der Waals surface area contributed by atoms with Crippen LogP contribution in [0.1, 0.15) is 22.6 Å². The molecule has 0 fully saturated rings. The summed E-state index contributed by atoms with van der Waals surface area (Å²) in [6, 6.07) is 37.2. The minimum Gasteiger partial charge on any atom is -0.355 e. The van der Waals surface area contributed by atoms with Crippen LogP contribution in [-0.2, 0) is 0 Å². The fraction of sp³-hybridized carbons (Fsp3) is 0.0370. The van der Waals surface area contributed by atoms with Crippen LogP contribution in [0.15, 0.2) is 103 Å². The molecule has 0 radical (unpaired) electrons. The average Bonchev–Trinajstić information content (AvgIpc) is 2.78. The summed E-state index contributed by atoms with van der Waals surface area (Å²) in [5.41, 5.74) is 6.48. The summed E-state index contributed by atoms with van der Waals surface area (Å²) in [6.45, 7) is 0. The van der Waals surface area contributed by atoms with Crippen LogP contribution in [0.5, 0.6) is 0 Å². The second-order valence-electron chi connectivity index (χ2n) is 7.46. The predicted molar refractivity (Wildman–Crippen MR) is 119 cm³/mol. The summed E-state index contributed by atoms with van der Waals surface area (Å²) in [6.07, 6.45) is 0. The van der Waals surface area contributed by atoms with Gasteiger partial charge in [0.2, 0.25) is 0 Å². The van der Waals surface area contributed by atoms with Crippen molar-refractivity contribution in [3.05, 3.63) is 120 Å². The fourth-order valence-electron chi connectivity index (χ4n) is 4.70. The predicted octanol–water partition coefficient (Wildman–Crippen LogP) is 7.23. The van der Waals surface area contributed by atoms with Gasteiger partial charge in [-0.2, -0.15) is 0 Å². The van der Waals surface area contributed by atoms with E-state index in [-0.39, 0.29) is 5.92 Å². The zero-order chi connectivity index (χ0) is 18.5. The summed E-state index contributed by atoms with van der Waals surface area (Å²) >= 11 is 0. The van der Waals surface area contributed by atoms with E-state index >= 15 is 0 Å². The molecule has 0 saturated heterocycles. The Labute approximate surface area is 164 Å². The van der Waals surface area contributed by atoms with Gasteiger partial charge in [-0.1, -0.05) is 91.0 Å². The molecule has 0 amide bonds. The highest BCUT2D eigenvalue weighted by atomic mass is 14.9. The molecule has 1 aliphatic rings. The van der Waals surface area contributed by atoms with Crippen LogP contribution in [0.4, 0.5) is 11.4 Å². The highest BCUT2D eigenvalue weighted by Gasteiger charge is 2.30. The van der Waals surface area contributed by atoms with E-state index < -0.39 is 0 Å². The van der Waals surface area contributed by atoms with Gasteiger partial charge < -0.3 is 5.32 Å². The number of rotatable bonds is 1. The first-order valence-corrected chi connectivity index (χ1v) is 9.75. The van der Waals surface area contributed by atoms with Crippen molar-refractivity contribution in [1.82, 2.24) is 0 Å². The summed E-state index contributed by atoms with van der Waals surface area (Å²) in [5.74, 6) is 0.199. The molecule has 0 bridgehead atoms. The molecule has 132 valence electrons. The van der Waals surface area contributed by atoms with Gasteiger partial charge in [-0.15, -0.1) is 0 Å². The van der Waals surface area contributed by atoms with Crippen LogP contribution < -0.4 is 5.32 Å². The Hall–Kier alpha value is -3.58. The van der Waals surface area contributed by atoms with Gasteiger partial charge >= 0.3 is 0 Å². The molecule has 28 heavy (non-hydrogen) atoms. The van der Waals surface area contributed by atoms with E-state index in [2.05, 4.69) is 108 Å². The summed E-state index contributed by atoms with van der Waals surface area (Å²) in [4.78, 5) is 0. The molecule has 0 aromatic heterocycles. The lowest BCUT2D eigenvalue weighted by atomic mass is 9.77. The SMILES string of the molecule is c1ccc(C2c3c(ccc4ccccc34)Nc3ccc4ccccc4c32)cc1. The van der Waals surface area contributed by atoms with Crippen LogP contribution >= 0.6 is 0 Å². The monoisotopic (exact) mass is 357 g/mol. The Morgan fingerprint density at radius 1 is 0.464 bits per heavy atom. The van der Waals surface area contributed by atoms with Crippen LogP contribution in [0.25, 0.3) is 21.5 Å². The largest absolute Gasteiger partial charge is 0.355 e. The van der Waals surface area contributed by atoms with Gasteiger partial charge in [0.05, 0.1) is 0 Å². The van der Waals surface area contributed by atoms with Crippen molar-refractivity contribution in [2.45, 2.75) is 5.92 Å². The number of hydrogen-bond acceptors (Lipinski definition) is 1. The standard InChI is InChI=1S/C27H19N/c1-2-10-20(11-3-1)25-26-21-12-6-4-8-18(21)14-16-23(26)28-24-17-15-19-9-5-7-13-22(19)27(24)25/h1-17,25,28H. The van der Waals surface area contributed by atoms with Gasteiger partial charge in [0.25, 0.3) is 0 Å². The third-order valence-electron chi connectivity index (χ3n) is 5.92. The zero-order valence-corrected chi connectivity index (χ0v) is 15.4. The van der Waals surface area contributed by atoms with E-state index in [0.29, 0.717) is 0 Å². The Morgan fingerprint density at radius 2 is 0.964 bits per heavy atom. The molecule has 1 aliphatic heterocycles. The molecule has 0 atom stereocenters. The summed E-state index contributed by atoms with van der Waals surface area (Å²) in [7, 11) is 0. The van der Waals surface area contributed by atoms with Gasteiger partial charge in [-0.05, 0) is 50.4 Å². The van der Waals surface area contributed by atoms with Crippen LogP contribution in [0.2, 0.25) is 0 Å². The second kappa shape index (κ2) is 5.97. The molecule has 1 heterocycles. The average molecular weight is 357 g/mol. The van der Waals surface area contributed by atoms with Crippen molar-refractivity contribution >= 4 is 32.9 Å². The Bertz CT molecular complexity index is 1250. The third-order valence-corrected chi connectivity index (χ3v) is 5.92. The van der Waals surface area contributed by atoms with Gasteiger partial charge in [0.15, 0.2) is 0 Å². The minimum atomic E-state index is 0.199. The Kier molecular flexibility index (Phi) is 3.30. The van der Waals surface area contributed by atoms with E-state index in [4.69, 9.17) is 0 Å². The topological polar surface area (TPSA) is 12.0 Å². The zero-order valence-electron chi connectivity index (χ0n) is 15.4. The Balaban J connectivity index is 1.77. The number of nitrogens with one attached hydrogen (secondary N) is 1. The molecule has 0 aliphatic carbocycles. The fourth-order valence-corrected chi connectivity index (χ4v) is 4.70. The van der Waals surface area contributed by atoms with E-state index in [1.165, 1.54) is 49.6 Å². The molecule has 1 N–H and O–H groups in total. The molecule has 1 heteroatoms. The van der Waals surface area contributed by atoms with Crippen molar-refractivity contribution in [3.63, 3.8) is 0 Å². The maximum Gasteiger partial charge on any atom is 0.0433 e. The van der Waals surface area contributed by atoms with Crippen molar-refractivity contribution in [3.8, 4) is 0 Å². The minimum absolute atomic E-state index is 0.199. The van der Waals surface area contributed by atoms with Gasteiger partial charge in [0, 0.05) is 17.3 Å². The highest BCUT2D eigenvalue weighted by molar-refractivity contribution is 6.00. The molecule has 1 nitrogen and oxygen atoms in total. The van der Waals surface area contributed by atoms with Gasteiger partial charge in [-0.25, -0.2) is 0 Å². The smallest absolute Gasteiger partial charge is 0.0433 e. The first-order chi connectivity index (χ1) is 13.9. The van der Waals surface area contributed by atoms with Crippen LogP contribution in [0.3, 0.4) is 0 Å². The molecule has 5 aromatic rings. The molecule has 6 rings (SSSR count). The summed E-state index contributed by atoms with van der Waals surface area (Å²) in [5, 5.41) is 8.93. The van der Waals surface area contributed by atoms with E-state index in [1.807, 2.05) is 0 Å². The molecule has 0 spiro atoms. The molecular formula is C27H19N. The molecular weight excluding hydrogens is 338 g/mol. The number of anilines is 2. The third kappa shape index (κ3) is 2.20. The highest BCUT2D eigenvalue weighted by Crippen LogP contribution is 2.49. The quantitative estimate of drug-likeness (QED) is 0.327. The van der Waals surface area contributed by atoms with Crippen molar-refractivity contribution in [2.24, 2.45) is 0 Å². The Morgan fingerprint density at radius 3 is 1.54 bits per heavy atom. The van der Waals surface area contributed by atoms with Gasteiger partial charge in [0.1, 0.15) is 0 Å². The van der Waals surface area contributed by atoms with E-state index in [1.54, 1.807) is 0 Å². The molecule has 0 unspecified atom stereocenters. The first kappa shape index (κ1) is 15.5. The number of fused-ring (bicyclic) bond motifs is 6. The second-order valence-corrected chi connectivity index (χ2v) is 7.46. The lowest BCUT2D eigenvalue weighted by Crippen LogP contribution is -2.15. The van der Waals surface area contributed by atoms with Gasteiger partial charge in [-0.3, -0.25) is 0 Å². The normalized spacial score (nSPS) is 13.1. The summed E-state index contributed by atoms with van der Waals surface area (Å²) < 4.78 is 0. The van der Waals surface area contributed by atoms with Crippen molar-refractivity contribution in [1.29, 1.82) is 0 Å². The van der Waals surface area contributed by atoms with E-state index in [9.17, 15) is 0 Å². The number of benzene rings is 5. The molecule has 0 saturated carbocycles. The van der Waals surface area contributed by atoms with Crippen molar-refractivity contribution < 1.29 is 0 Å². The molecule has 5 aromatic carbocycles. The van der Waals surface area contributed by atoms with Crippen LogP contribution in [0, 0.1) is 0 Å². The van der Waals surface area contributed by atoms with Crippen LogP contribution in [-0.4, -0.2) is 0 Å². The maximum atomic E-state index is 3.72. The maximum absolute atomic E-state index is 3.72. The van der Waals surface area contributed by atoms with E-state index in [0.717, 1.165) is 0 Å². The van der Waals surface area contributed by atoms with Crippen molar-refractivity contribution in [2.75, 3.05) is 5.32 Å². The first-order valence-electron chi connectivity index (χ1n) is 9.75. The lowest BCUT2D eigenvalue weighted by Gasteiger charge is -2.32. The lowest BCUT2D eigenvalue weighted by molar-refractivity contribution is 0.988. The number of hydrogen-bond donors (Lipinski definition) is 1.